The Bertz CT molecular complexity index is 684. The van der Waals surface area contributed by atoms with Gasteiger partial charge in [0.15, 0.2) is 0 Å². The van der Waals surface area contributed by atoms with Gasteiger partial charge in [-0.05, 0) is 6.42 Å². The monoisotopic (exact) mass is 329 g/mol. The quantitative estimate of drug-likeness (QED) is 0.738. The van der Waals surface area contributed by atoms with Crippen LogP contribution in [0.3, 0.4) is 0 Å². The second-order valence-electron chi connectivity index (χ2n) is 5.51. The summed E-state index contributed by atoms with van der Waals surface area (Å²) in [7, 11) is 0. The van der Waals surface area contributed by atoms with E-state index >= 15 is 0 Å². The lowest BCUT2D eigenvalue weighted by molar-refractivity contribution is 0.231. The van der Waals surface area contributed by atoms with Gasteiger partial charge >= 0.3 is 6.03 Å². The zero-order valence-corrected chi connectivity index (χ0v) is 13.4. The van der Waals surface area contributed by atoms with Crippen molar-refractivity contribution in [3.63, 3.8) is 0 Å². The van der Waals surface area contributed by atoms with E-state index in [-0.39, 0.29) is 24.6 Å². The van der Waals surface area contributed by atoms with E-state index in [2.05, 4.69) is 15.6 Å². The van der Waals surface area contributed by atoms with Gasteiger partial charge in [0.1, 0.15) is 5.01 Å². The van der Waals surface area contributed by atoms with E-state index in [9.17, 15) is 4.79 Å². The van der Waals surface area contributed by atoms with Gasteiger partial charge in [0.2, 0.25) is 0 Å². The lowest BCUT2D eigenvalue weighted by atomic mass is 10.1. The molecule has 1 aliphatic rings. The van der Waals surface area contributed by atoms with Crippen molar-refractivity contribution in [2.45, 2.75) is 19.0 Å². The summed E-state index contributed by atoms with van der Waals surface area (Å²) in [5.74, 6) is 0.146. The second kappa shape index (κ2) is 7.39. The molecule has 0 fully saturated rings. The Hall–Kier alpha value is -2.18. The van der Waals surface area contributed by atoms with E-state index < -0.39 is 0 Å². The minimum atomic E-state index is -0.215. The fraction of sp³-hybridized carbons (Fsp3) is 0.294. The molecule has 1 aliphatic carbocycles. The molecular weight excluding hydrogens is 310 g/mol. The highest BCUT2D eigenvalue weighted by Crippen LogP contribution is 2.23. The van der Waals surface area contributed by atoms with E-state index in [1.54, 1.807) is 11.3 Å². The molecule has 0 saturated heterocycles. The summed E-state index contributed by atoms with van der Waals surface area (Å²) < 4.78 is 0. The standard InChI is InChI=1S/C17H19N3O2S/c21-10-12-6-7-14(8-12)20-17(22)18-9-15-11-23-16(19-15)13-4-2-1-3-5-13/h1-7,11-12,14,21H,8-10H2,(H2,18,20,22)/t12-,14+/m0/s1. The number of thiazole rings is 1. The first-order valence-electron chi connectivity index (χ1n) is 7.58. The highest BCUT2D eigenvalue weighted by Gasteiger charge is 2.19. The maximum absolute atomic E-state index is 11.9. The summed E-state index contributed by atoms with van der Waals surface area (Å²) in [6.45, 7) is 0.520. The number of aliphatic hydroxyl groups excluding tert-OH is 1. The number of amides is 2. The van der Waals surface area contributed by atoms with Crippen LogP contribution in [0.5, 0.6) is 0 Å². The summed E-state index contributed by atoms with van der Waals surface area (Å²) in [5.41, 5.74) is 1.93. The number of carbonyl (C=O) groups excluding carboxylic acids is 1. The molecule has 0 aliphatic heterocycles. The second-order valence-corrected chi connectivity index (χ2v) is 6.36. The lowest BCUT2D eigenvalue weighted by Crippen LogP contribution is -2.40. The summed E-state index contributed by atoms with van der Waals surface area (Å²) in [6, 6.07) is 9.76. The van der Waals surface area contributed by atoms with Crippen molar-refractivity contribution < 1.29 is 9.90 Å². The van der Waals surface area contributed by atoms with Crippen LogP contribution in [0.1, 0.15) is 12.1 Å². The molecule has 6 heteroatoms. The summed E-state index contributed by atoms with van der Waals surface area (Å²) >= 11 is 1.57. The van der Waals surface area contributed by atoms with Gasteiger partial charge in [0, 0.05) is 29.5 Å². The molecule has 1 aromatic carbocycles. The zero-order valence-electron chi connectivity index (χ0n) is 12.6. The fourth-order valence-electron chi connectivity index (χ4n) is 2.51. The van der Waals surface area contributed by atoms with Crippen molar-refractivity contribution in [2.75, 3.05) is 6.61 Å². The molecule has 3 rings (SSSR count). The van der Waals surface area contributed by atoms with E-state index in [4.69, 9.17) is 5.11 Å². The van der Waals surface area contributed by atoms with Gasteiger partial charge in [-0.2, -0.15) is 0 Å². The van der Waals surface area contributed by atoms with Gasteiger partial charge in [-0.15, -0.1) is 11.3 Å². The van der Waals surface area contributed by atoms with Crippen LogP contribution in [-0.2, 0) is 6.54 Å². The SMILES string of the molecule is O=C(NCc1csc(-c2ccccc2)n1)N[C@@H]1C=C[C@H](CO)C1. The first kappa shape index (κ1) is 15.7. The van der Waals surface area contributed by atoms with Crippen molar-refractivity contribution in [1.29, 1.82) is 0 Å². The van der Waals surface area contributed by atoms with Crippen LogP contribution in [0.2, 0.25) is 0 Å². The van der Waals surface area contributed by atoms with Gasteiger partial charge in [0.25, 0.3) is 0 Å². The molecular formula is C17H19N3O2S. The van der Waals surface area contributed by atoms with Crippen LogP contribution >= 0.6 is 11.3 Å². The normalized spacial score (nSPS) is 19.7. The Balaban J connectivity index is 1.48. The van der Waals surface area contributed by atoms with Crippen molar-refractivity contribution in [2.24, 2.45) is 5.92 Å². The molecule has 5 nitrogen and oxygen atoms in total. The van der Waals surface area contributed by atoms with Gasteiger partial charge in [-0.1, -0.05) is 42.5 Å². The Morgan fingerprint density at radius 3 is 2.87 bits per heavy atom. The van der Waals surface area contributed by atoms with Gasteiger partial charge in [0.05, 0.1) is 12.2 Å². The lowest BCUT2D eigenvalue weighted by Gasteiger charge is -2.13. The molecule has 0 spiro atoms. The molecule has 1 aromatic heterocycles. The maximum atomic E-state index is 11.9. The third kappa shape index (κ3) is 4.18. The third-order valence-electron chi connectivity index (χ3n) is 3.73. The average Bonchev–Trinajstić information content (AvgIpc) is 3.23. The van der Waals surface area contributed by atoms with Crippen molar-refractivity contribution in [3.8, 4) is 10.6 Å². The minimum Gasteiger partial charge on any atom is -0.396 e. The highest BCUT2D eigenvalue weighted by molar-refractivity contribution is 7.13. The molecule has 0 unspecified atom stereocenters. The van der Waals surface area contributed by atoms with Crippen LogP contribution in [0.4, 0.5) is 4.79 Å². The molecule has 120 valence electrons. The molecule has 2 aromatic rings. The number of aliphatic hydroxyl groups is 1. The van der Waals surface area contributed by atoms with E-state index in [1.807, 2.05) is 47.9 Å². The molecule has 23 heavy (non-hydrogen) atoms. The van der Waals surface area contributed by atoms with Gasteiger partial charge in [-0.3, -0.25) is 0 Å². The van der Waals surface area contributed by atoms with Crippen molar-refractivity contribution in [3.05, 3.63) is 53.6 Å². The molecule has 1 heterocycles. The smallest absolute Gasteiger partial charge is 0.315 e. The topological polar surface area (TPSA) is 74.2 Å². The summed E-state index contributed by atoms with van der Waals surface area (Å²) in [5, 5.41) is 17.7. The fourth-order valence-corrected chi connectivity index (χ4v) is 3.33. The first-order valence-corrected chi connectivity index (χ1v) is 8.46. The average molecular weight is 329 g/mol. The number of rotatable bonds is 5. The Kier molecular flexibility index (Phi) is 5.05. The molecule has 0 bridgehead atoms. The Morgan fingerprint density at radius 2 is 2.13 bits per heavy atom. The van der Waals surface area contributed by atoms with E-state index in [0.717, 1.165) is 22.7 Å². The van der Waals surface area contributed by atoms with Gasteiger partial charge in [-0.25, -0.2) is 9.78 Å². The van der Waals surface area contributed by atoms with Crippen molar-refractivity contribution in [1.82, 2.24) is 15.6 Å². The predicted octanol–water partition coefficient (Wildman–Crippen LogP) is 2.55. The number of benzene rings is 1. The summed E-state index contributed by atoms with van der Waals surface area (Å²) in [6.07, 6.45) is 4.62. The number of aromatic nitrogens is 1. The van der Waals surface area contributed by atoms with E-state index in [0.29, 0.717) is 6.54 Å². The van der Waals surface area contributed by atoms with Gasteiger partial charge < -0.3 is 15.7 Å². The van der Waals surface area contributed by atoms with Crippen LogP contribution in [0, 0.1) is 5.92 Å². The number of hydrogen-bond donors (Lipinski definition) is 3. The van der Waals surface area contributed by atoms with E-state index in [1.165, 1.54) is 0 Å². The van der Waals surface area contributed by atoms with Crippen LogP contribution < -0.4 is 10.6 Å². The number of nitrogens with one attached hydrogen (secondary N) is 2. The minimum absolute atomic E-state index is 0.0116. The van der Waals surface area contributed by atoms with Crippen LogP contribution in [0.25, 0.3) is 10.6 Å². The van der Waals surface area contributed by atoms with Crippen LogP contribution in [0.15, 0.2) is 47.9 Å². The third-order valence-corrected chi connectivity index (χ3v) is 4.67. The molecule has 2 atom stereocenters. The van der Waals surface area contributed by atoms with Crippen molar-refractivity contribution >= 4 is 17.4 Å². The zero-order chi connectivity index (χ0) is 16.1. The Morgan fingerprint density at radius 1 is 1.30 bits per heavy atom. The first-order chi connectivity index (χ1) is 11.2. The summed E-state index contributed by atoms with van der Waals surface area (Å²) in [4.78, 5) is 16.4. The highest BCUT2D eigenvalue weighted by atomic mass is 32.1. The maximum Gasteiger partial charge on any atom is 0.315 e. The predicted molar refractivity (Wildman–Crippen MR) is 91.0 cm³/mol. The number of carbonyl (C=O) groups is 1. The van der Waals surface area contributed by atoms with Crippen LogP contribution in [-0.4, -0.2) is 28.8 Å². The number of hydrogen-bond acceptors (Lipinski definition) is 4. The largest absolute Gasteiger partial charge is 0.396 e. The molecule has 0 saturated carbocycles. The number of nitrogens with zero attached hydrogens (tertiary/aromatic N) is 1. The molecule has 0 radical (unpaired) electrons. The number of urea groups is 1. The molecule has 2 amide bonds. The molecule has 3 N–H and O–H groups in total. The Labute approximate surface area is 139 Å².